The summed E-state index contributed by atoms with van der Waals surface area (Å²) in [4.78, 5) is 7.09. The second-order valence-electron chi connectivity index (χ2n) is 16.4. The van der Waals surface area contributed by atoms with Crippen LogP contribution in [0.1, 0.15) is 61.1 Å². The standard InChI is InChI=1S/C55H44N2/c1-54(2)49-22-14-13-21-47(49)52-53(54)48-33-31-41(35-50(48)55(52,3)4)38-26-28-40(29-27-38)45-32-30-39(44-19-11-12-20-46(44)45)25-23-37-24-34-51(56-36-37)57(42-15-7-5-8-16-42)43-17-9-6-10-18-43/h5-36H,1-4H3/b25-23+. The number of rotatable bonds is 7. The lowest BCUT2D eigenvalue weighted by Crippen LogP contribution is -2.19. The van der Waals surface area contributed by atoms with Crippen LogP contribution in [0.4, 0.5) is 17.2 Å². The third-order valence-corrected chi connectivity index (χ3v) is 12.3. The number of allylic oxidation sites excluding steroid dienone is 2. The molecule has 1 aromatic heterocycles. The Morgan fingerprint density at radius 1 is 0.439 bits per heavy atom. The number of hydrogen-bond donors (Lipinski definition) is 0. The third kappa shape index (κ3) is 5.75. The van der Waals surface area contributed by atoms with Crippen molar-refractivity contribution in [2.24, 2.45) is 0 Å². The molecular formula is C55H44N2. The summed E-state index contributed by atoms with van der Waals surface area (Å²) in [6, 6.07) is 63.5. The summed E-state index contributed by atoms with van der Waals surface area (Å²) in [5, 5.41) is 2.47. The lowest BCUT2D eigenvalue weighted by atomic mass is 9.75. The van der Waals surface area contributed by atoms with Crippen molar-refractivity contribution in [2.75, 3.05) is 4.90 Å². The molecule has 0 N–H and O–H groups in total. The molecule has 0 fully saturated rings. The van der Waals surface area contributed by atoms with Crippen LogP contribution in [-0.2, 0) is 10.8 Å². The number of hydrogen-bond acceptors (Lipinski definition) is 2. The van der Waals surface area contributed by atoms with Crippen LogP contribution in [0.5, 0.6) is 0 Å². The van der Waals surface area contributed by atoms with Crippen molar-refractivity contribution in [1.82, 2.24) is 4.98 Å². The SMILES string of the molecule is CC1(C)C2=C(c3ccccc31)C(C)(C)c1cc(-c3ccc(-c4ccc(/C=C/c5ccc(N(c6ccccc6)c6ccccc6)nc5)c5ccccc45)cc3)ccc12. The van der Waals surface area contributed by atoms with Crippen molar-refractivity contribution in [1.29, 1.82) is 0 Å². The van der Waals surface area contributed by atoms with Crippen LogP contribution in [-0.4, -0.2) is 4.98 Å². The maximum Gasteiger partial charge on any atom is 0.137 e. The molecule has 0 radical (unpaired) electrons. The van der Waals surface area contributed by atoms with Crippen molar-refractivity contribution in [2.45, 2.75) is 38.5 Å². The molecule has 0 saturated heterocycles. The second-order valence-corrected chi connectivity index (χ2v) is 16.4. The van der Waals surface area contributed by atoms with Crippen molar-refractivity contribution in [3.05, 3.63) is 216 Å². The first-order valence-electron chi connectivity index (χ1n) is 20.0. The van der Waals surface area contributed by atoms with Gasteiger partial charge in [0.1, 0.15) is 5.82 Å². The number of aromatic nitrogens is 1. The Bertz CT molecular complexity index is 2820. The summed E-state index contributed by atoms with van der Waals surface area (Å²) in [5.74, 6) is 0.876. The molecule has 0 bridgehead atoms. The van der Waals surface area contributed by atoms with Gasteiger partial charge in [-0.1, -0.05) is 173 Å². The molecular weight excluding hydrogens is 689 g/mol. The lowest BCUT2D eigenvalue weighted by Gasteiger charge is -2.28. The Kier molecular flexibility index (Phi) is 8.20. The molecule has 0 unspecified atom stereocenters. The van der Waals surface area contributed by atoms with E-state index in [9.17, 15) is 0 Å². The topological polar surface area (TPSA) is 16.1 Å². The molecule has 2 aliphatic rings. The Morgan fingerprint density at radius 2 is 1.00 bits per heavy atom. The van der Waals surface area contributed by atoms with E-state index in [1.807, 2.05) is 18.3 Å². The van der Waals surface area contributed by atoms with E-state index in [4.69, 9.17) is 4.98 Å². The Balaban J connectivity index is 0.917. The van der Waals surface area contributed by atoms with Gasteiger partial charge in [0.15, 0.2) is 0 Å². The van der Waals surface area contributed by atoms with E-state index in [0.717, 1.165) is 22.8 Å². The average molecular weight is 733 g/mol. The maximum atomic E-state index is 4.91. The van der Waals surface area contributed by atoms with E-state index >= 15 is 0 Å². The van der Waals surface area contributed by atoms with E-state index in [1.165, 1.54) is 72.0 Å². The molecule has 0 aliphatic heterocycles. The summed E-state index contributed by atoms with van der Waals surface area (Å²) >= 11 is 0. The number of nitrogens with zero attached hydrogens (tertiary/aromatic N) is 2. The minimum absolute atomic E-state index is 0.0114. The molecule has 2 heteroatoms. The Hall–Kier alpha value is -6.77. The second kappa shape index (κ2) is 13.5. The predicted molar refractivity (Wildman–Crippen MR) is 242 cm³/mol. The fraction of sp³-hybridized carbons (Fsp3) is 0.109. The van der Waals surface area contributed by atoms with Crippen molar-refractivity contribution in [3.8, 4) is 22.3 Å². The predicted octanol–water partition coefficient (Wildman–Crippen LogP) is 14.7. The van der Waals surface area contributed by atoms with E-state index in [-0.39, 0.29) is 10.8 Å². The number of benzene rings is 7. The van der Waals surface area contributed by atoms with E-state index in [1.54, 1.807) is 0 Å². The van der Waals surface area contributed by atoms with E-state index < -0.39 is 0 Å². The van der Waals surface area contributed by atoms with Gasteiger partial charge in [0, 0.05) is 28.4 Å². The summed E-state index contributed by atoms with van der Waals surface area (Å²) < 4.78 is 0. The van der Waals surface area contributed by atoms with Gasteiger partial charge < -0.3 is 0 Å². The Morgan fingerprint density at radius 3 is 1.68 bits per heavy atom. The number of para-hydroxylation sites is 2. The highest BCUT2D eigenvalue weighted by atomic mass is 15.2. The van der Waals surface area contributed by atoms with Crippen LogP contribution in [0.15, 0.2) is 182 Å². The van der Waals surface area contributed by atoms with Crippen LogP contribution in [0.25, 0.3) is 56.3 Å². The highest BCUT2D eigenvalue weighted by Crippen LogP contribution is 2.62. The molecule has 8 aromatic rings. The molecule has 7 aromatic carbocycles. The monoisotopic (exact) mass is 732 g/mol. The lowest BCUT2D eigenvalue weighted by molar-refractivity contribution is 0.694. The zero-order valence-electron chi connectivity index (χ0n) is 32.9. The van der Waals surface area contributed by atoms with Crippen LogP contribution in [0.3, 0.4) is 0 Å². The van der Waals surface area contributed by atoms with Crippen LogP contribution in [0.2, 0.25) is 0 Å². The van der Waals surface area contributed by atoms with Crippen LogP contribution >= 0.6 is 0 Å². The number of pyridine rings is 1. The minimum Gasteiger partial charge on any atom is -0.295 e. The first-order valence-corrected chi connectivity index (χ1v) is 20.0. The molecule has 0 spiro atoms. The first kappa shape index (κ1) is 34.7. The largest absolute Gasteiger partial charge is 0.295 e. The fourth-order valence-corrected chi connectivity index (χ4v) is 9.49. The van der Waals surface area contributed by atoms with Crippen molar-refractivity contribution >= 4 is 51.3 Å². The third-order valence-electron chi connectivity index (χ3n) is 12.3. The number of fused-ring (bicyclic) bond motifs is 5. The van der Waals surface area contributed by atoms with Gasteiger partial charge in [0.25, 0.3) is 0 Å². The van der Waals surface area contributed by atoms with Gasteiger partial charge in [-0.2, -0.15) is 0 Å². The molecule has 0 atom stereocenters. The molecule has 57 heavy (non-hydrogen) atoms. The zero-order chi connectivity index (χ0) is 38.7. The van der Waals surface area contributed by atoms with Crippen LogP contribution < -0.4 is 4.90 Å². The molecule has 274 valence electrons. The molecule has 1 heterocycles. The van der Waals surface area contributed by atoms with Gasteiger partial charge in [0.2, 0.25) is 0 Å². The molecule has 2 nitrogen and oxygen atoms in total. The highest BCUT2D eigenvalue weighted by Gasteiger charge is 2.49. The quantitative estimate of drug-likeness (QED) is 0.162. The van der Waals surface area contributed by atoms with Gasteiger partial charge in [-0.15, -0.1) is 0 Å². The van der Waals surface area contributed by atoms with Gasteiger partial charge in [-0.25, -0.2) is 4.98 Å². The fourth-order valence-electron chi connectivity index (χ4n) is 9.49. The maximum absolute atomic E-state index is 4.91. The average Bonchev–Trinajstić information content (AvgIpc) is 3.65. The summed E-state index contributed by atoms with van der Waals surface area (Å²) in [7, 11) is 0. The minimum atomic E-state index is -0.0640. The van der Waals surface area contributed by atoms with Gasteiger partial charge >= 0.3 is 0 Å². The van der Waals surface area contributed by atoms with Crippen LogP contribution in [0, 0.1) is 0 Å². The van der Waals surface area contributed by atoms with Gasteiger partial charge in [-0.3, -0.25) is 4.90 Å². The summed E-state index contributed by atoms with van der Waals surface area (Å²) in [6.07, 6.45) is 6.32. The molecule has 2 aliphatic carbocycles. The Labute approximate surface area is 336 Å². The highest BCUT2D eigenvalue weighted by molar-refractivity contribution is 6.10. The summed E-state index contributed by atoms with van der Waals surface area (Å²) in [6.45, 7) is 9.59. The molecule has 0 saturated carbocycles. The van der Waals surface area contributed by atoms with Crippen molar-refractivity contribution in [3.63, 3.8) is 0 Å². The normalized spacial score (nSPS) is 14.8. The molecule has 0 amide bonds. The zero-order valence-corrected chi connectivity index (χ0v) is 32.9. The van der Waals surface area contributed by atoms with E-state index in [0.29, 0.717) is 0 Å². The summed E-state index contributed by atoms with van der Waals surface area (Å²) in [5.41, 5.74) is 17.9. The number of anilines is 3. The van der Waals surface area contributed by atoms with Crippen molar-refractivity contribution < 1.29 is 0 Å². The van der Waals surface area contributed by atoms with E-state index in [2.05, 4.69) is 209 Å². The van der Waals surface area contributed by atoms with Gasteiger partial charge in [-0.05, 0) is 120 Å². The first-order chi connectivity index (χ1) is 27.8. The molecule has 10 rings (SSSR count). The smallest absolute Gasteiger partial charge is 0.137 e. The van der Waals surface area contributed by atoms with Gasteiger partial charge in [0.05, 0.1) is 0 Å².